The molecule has 2 aromatic rings. The van der Waals surface area contributed by atoms with E-state index in [0.29, 0.717) is 28.8 Å². The molecule has 0 bridgehead atoms. The number of hydrogen-bond acceptors (Lipinski definition) is 7. The van der Waals surface area contributed by atoms with Crippen LogP contribution in [0.1, 0.15) is 62.4 Å². The Morgan fingerprint density at radius 1 is 1.12 bits per heavy atom. The Kier molecular flexibility index (Phi) is 7.79. The number of alkyl carbamates (subject to hydrolysis) is 1. The highest BCUT2D eigenvalue weighted by Crippen LogP contribution is 2.31. The van der Waals surface area contributed by atoms with Gasteiger partial charge in [0.2, 0.25) is 5.88 Å². The molecular weight excluding hydrogens is 422 g/mol. The fourth-order valence-electron chi connectivity index (χ4n) is 4.40. The van der Waals surface area contributed by atoms with E-state index in [1.54, 1.807) is 19.2 Å². The molecule has 1 heterocycles. The Balaban J connectivity index is 1.97. The van der Waals surface area contributed by atoms with Gasteiger partial charge in [-0.2, -0.15) is 0 Å². The number of fused-ring (bicyclic) bond motifs is 1. The molecule has 3 rings (SSSR count). The average molecular weight is 458 g/mol. The second-order valence-corrected chi connectivity index (χ2v) is 9.65. The third-order valence-electron chi connectivity index (χ3n) is 6.06. The van der Waals surface area contributed by atoms with Crippen molar-refractivity contribution in [2.75, 3.05) is 14.2 Å². The Morgan fingerprint density at radius 3 is 2.42 bits per heavy atom. The Labute approximate surface area is 195 Å². The monoisotopic (exact) mass is 457 g/mol. The summed E-state index contributed by atoms with van der Waals surface area (Å²) in [5.41, 5.74) is 7.53. The third kappa shape index (κ3) is 6.35. The lowest BCUT2D eigenvalue weighted by molar-refractivity contribution is 0.0475. The van der Waals surface area contributed by atoms with Crippen LogP contribution >= 0.6 is 0 Å². The van der Waals surface area contributed by atoms with Crippen molar-refractivity contribution in [3.63, 3.8) is 0 Å². The molecule has 1 aliphatic carbocycles. The highest BCUT2D eigenvalue weighted by molar-refractivity contribution is 6.04. The predicted octanol–water partition coefficient (Wildman–Crippen LogP) is 3.98. The first kappa shape index (κ1) is 24.8. The number of aromatic nitrogens is 1. The Bertz CT molecular complexity index is 993. The highest BCUT2D eigenvalue weighted by atomic mass is 16.6. The van der Waals surface area contributed by atoms with E-state index in [4.69, 9.17) is 19.9 Å². The van der Waals surface area contributed by atoms with Crippen molar-refractivity contribution >= 4 is 23.0 Å². The van der Waals surface area contributed by atoms with Crippen LogP contribution < -0.4 is 15.8 Å². The minimum Gasteiger partial charge on any atom is -0.481 e. The van der Waals surface area contributed by atoms with Crippen molar-refractivity contribution in [2.24, 2.45) is 11.7 Å². The van der Waals surface area contributed by atoms with Gasteiger partial charge in [-0.1, -0.05) is 6.07 Å². The normalized spacial score (nSPS) is 19.6. The summed E-state index contributed by atoms with van der Waals surface area (Å²) in [6.07, 6.45) is 3.80. The van der Waals surface area contributed by atoms with Crippen molar-refractivity contribution in [3.05, 3.63) is 35.4 Å². The van der Waals surface area contributed by atoms with Crippen LogP contribution in [-0.4, -0.2) is 49.0 Å². The predicted molar refractivity (Wildman–Crippen MR) is 126 cm³/mol. The molecule has 1 aliphatic rings. The van der Waals surface area contributed by atoms with Crippen LogP contribution in [0.4, 0.5) is 4.79 Å². The van der Waals surface area contributed by atoms with Gasteiger partial charge in [0, 0.05) is 23.5 Å². The number of nitrogens with zero attached hydrogens (tertiary/aromatic N) is 1. The zero-order chi connectivity index (χ0) is 24.2. The third-order valence-corrected chi connectivity index (χ3v) is 6.06. The first-order chi connectivity index (χ1) is 15.6. The maximum Gasteiger partial charge on any atom is 0.407 e. The summed E-state index contributed by atoms with van der Waals surface area (Å²) in [4.78, 5) is 29.6. The van der Waals surface area contributed by atoms with Crippen molar-refractivity contribution in [3.8, 4) is 5.88 Å². The van der Waals surface area contributed by atoms with Crippen LogP contribution in [0.25, 0.3) is 10.9 Å². The van der Waals surface area contributed by atoms with Crippen molar-refractivity contribution < 1.29 is 23.8 Å². The van der Waals surface area contributed by atoms with Crippen LogP contribution in [0.5, 0.6) is 5.88 Å². The van der Waals surface area contributed by atoms with Gasteiger partial charge in [0.1, 0.15) is 5.60 Å². The summed E-state index contributed by atoms with van der Waals surface area (Å²) in [5.74, 6) is 0.285. The number of nitrogens with one attached hydrogen (secondary N) is 1. The van der Waals surface area contributed by atoms with Gasteiger partial charge in [-0.05, 0) is 76.5 Å². The van der Waals surface area contributed by atoms with E-state index in [-0.39, 0.29) is 18.0 Å². The molecule has 8 nitrogen and oxygen atoms in total. The Morgan fingerprint density at radius 2 is 1.82 bits per heavy atom. The molecule has 0 spiro atoms. The van der Waals surface area contributed by atoms with Gasteiger partial charge in [0.25, 0.3) is 0 Å². The lowest BCUT2D eigenvalue weighted by atomic mass is 9.79. The molecule has 1 aromatic carbocycles. The van der Waals surface area contributed by atoms with E-state index < -0.39 is 17.7 Å². The molecule has 0 saturated heterocycles. The lowest BCUT2D eigenvalue weighted by Crippen LogP contribution is -2.46. The number of pyridine rings is 1. The maximum absolute atomic E-state index is 12.7. The number of amides is 1. The smallest absolute Gasteiger partial charge is 0.407 e. The van der Waals surface area contributed by atoms with Gasteiger partial charge in [-0.15, -0.1) is 0 Å². The summed E-state index contributed by atoms with van der Waals surface area (Å²) in [6.45, 7) is 5.53. The van der Waals surface area contributed by atoms with Gasteiger partial charge in [0.15, 0.2) is 0 Å². The molecule has 1 atom stereocenters. The van der Waals surface area contributed by atoms with Gasteiger partial charge in [-0.25, -0.2) is 14.6 Å². The van der Waals surface area contributed by atoms with E-state index in [2.05, 4.69) is 10.3 Å². The number of benzene rings is 1. The van der Waals surface area contributed by atoms with Crippen LogP contribution in [-0.2, 0) is 15.9 Å². The van der Waals surface area contributed by atoms with E-state index in [1.165, 1.54) is 7.11 Å². The molecule has 33 heavy (non-hydrogen) atoms. The minimum absolute atomic E-state index is 0.160. The fraction of sp³-hybridized carbons (Fsp3) is 0.560. The summed E-state index contributed by atoms with van der Waals surface area (Å²) in [5, 5.41) is 3.78. The standard InChI is InChI=1S/C25H35N3O5/c1-25(2,3)33-24(30)27-20(15-6-9-17(26)10-7-15)14-16-8-11-19(23(29)32-5)18-12-13-21(31-4)28-22(16)18/h8,11-13,15,17,20H,6-7,9-10,14,26H2,1-5H3,(H,27,30). The molecule has 1 unspecified atom stereocenters. The molecule has 1 aromatic heterocycles. The number of ether oxygens (including phenoxy) is 3. The number of esters is 1. The van der Waals surface area contributed by atoms with E-state index in [9.17, 15) is 9.59 Å². The van der Waals surface area contributed by atoms with Gasteiger partial charge >= 0.3 is 12.1 Å². The van der Waals surface area contributed by atoms with E-state index >= 15 is 0 Å². The largest absolute Gasteiger partial charge is 0.481 e. The summed E-state index contributed by atoms with van der Waals surface area (Å²) in [6, 6.07) is 7.20. The van der Waals surface area contributed by atoms with Crippen LogP contribution in [0, 0.1) is 5.92 Å². The quantitative estimate of drug-likeness (QED) is 0.631. The second kappa shape index (κ2) is 10.4. The molecule has 1 saturated carbocycles. The van der Waals surface area contributed by atoms with E-state index in [0.717, 1.165) is 31.2 Å². The summed E-state index contributed by atoms with van der Waals surface area (Å²) in [7, 11) is 2.91. The second-order valence-electron chi connectivity index (χ2n) is 9.65. The van der Waals surface area contributed by atoms with Crippen LogP contribution in [0.3, 0.4) is 0 Å². The number of nitrogens with two attached hydrogens (primary N) is 1. The molecular formula is C25H35N3O5. The van der Waals surface area contributed by atoms with Crippen LogP contribution in [0.2, 0.25) is 0 Å². The molecule has 180 valence electrons. The summed E-state index contributed by atoms with van der Waals surface area (Å²) >= 11 is 0. The number of carbonyl (C=O) groups is 2. The first-order valence-electron chi connectivity index (χ1n) is 11.4. The van der Waals surface area contributed by atoms with Gasteiger partial charge in [0.05, 0.1) is 25.3 Å². The Hall–Kier alpha value is -2.87. The number of hydrogen-bond donors (Lipinski definition) is 2. The first-order valence-corrected chi connectivity index (χ1v) is 11.4. The molecule has 1 fully saturated rings. The van der Waals surface area contributed by atoms with E-state index in [1.807, 2.05) is 32.9 Å². The zero-order valence-electron chi connectivity index (χ0n) is 20.1. The number of methoxy groups -OCH3 is 2. The summed E-state index contributed by atoms with van der Waals surface area (Å²) < 4.78 is 15.8. The van der Waals surface area contributed by atoms with Crippen LogP contribution in [0.15, 0.2) is 24.3 Å². The highest BCUT2D eigenvalue weighted by Gasteiger charge is 2.30. The minimum atomic E-state index is -0.590. The number of rotatable bonds is 6. The van der Waals surface area contributed by atoms with Crippen molar-refractivity contribution in [1.82, 2.24) is 10.3 Å². The number of carbonyl (C=O) groups excluding carboxylic acids is 2. The lowest BCUT2D eigenvalue weighted by Gasteiger charge is -2.34. The molecule has 1 amide bonds. The molecule has 0 aliphatic heterocycles. The molecule has 8 heteroatoms. The average Bonchev–Trinajstić information content (AvgIpc) is 2.77. The molecule has 3 N–H and O–H groups in total. The topological polar surface area (TPSA) is 113 Å². The molecule has 0 radical (unpaired) electrons. The zero-order valence-corrected chi connectivity index (χ0v) is 20.1. The van der Waals surface area contributed by atoms with Crippen molar-refractivity contribution in [1.29, 1.82) is 0 Å². The van der Waals surface area contributed by atoms with Crippen molar-refractivity contribution in [2.45, 2.75) is 70.6 Å². The maximum atomic E-state index is 12.7. The fourth-order valence-corrected chi connectivity index (χ4v) is 4.40. The van der Waals surface area contributed by atoms with Gasteiger partial charge < -0.3 is 25.3 Å². The SMILES string of the molecule is COC(=O)c1ccc(CC(NC(=O)OC(C)(C)C)C2CCC(N)CC2)c2nc(OC)ccc12. The van der Waals surface area contributed by atoms with Gasteiger partial charge in [-0.3, -0.25) is 0 Å².